The Balaban J connectivity index is 2.90. The molecule has 0 bridgehead atoms. The largest absolute Gasteiger partial charge is 0.382 e. The molecule has 4 nitrogen and oxygen atoms in total. The van der Waals surface area contributed by atoms with Gasteiger partial charge in [0.2, 0.25) is 0 Å². The molecule has 0 aromatic carbocycles. The van der Waals surface area contributed by atoms with Crippen molar-refractivity contribution >= 4 is 11.5 Å². The van der Waals surface area contributed by atoms with Crippen LogP contribution in [0.1, 0.15) is 5.56 Å². The lowest BCUT2D eigenvalue weighted by Gasteiger charge is -1.92. The smallest absolute Gasteiger partial charge is 0.158 e. The molecular weight excluding hydrogens is 140 g/mol. The Kier molecular flexibility index (Phi) is 1.09. The molecule has 2 aromatic rings. The lowest BCUT2D eigenvalue weighted by Crippen LogP contribution is -1.90. The van der Waals surface area contributed by atoms with Crippen molar-refractivity contribution in [3.63, 3.8) is 0 Å². The third kappa shape index (κ3) is 0.832. The summed E-state index contributed by atoms with van der Waals surface area (Å²) >= 11 is 0. The second-order valence-corrected chi connectivity index (χ2v) is 2.45. The van der Waals surface area contributed by atoms with Crippen LogP contribution < -0.4 is 5.73 Å². The zero-order valence-corrected chi connectivity index (χ0v) is 6.15. The number of aromatic nitrogens is 3. The van der Waals surface area contributed by atoms with E-state index >= 15 is 0 Å². The molecule has 0 aliphatic rings. The molecule has 2 rings (SSSR count). The molecule has 0 fully saturated rings. The average molecular weight is 148 g/mol. The fraction of sp³-hybridized carbons (Fsp3) is 0.143. The number of aryl methyl sites for hydroxylation is 1. The Labute approximate surface area is 63.7 Å². The van der Waals surface area contributed by atoms with E-state index in [1.807, 2.05) is 13.0 Å². The molecule has 2 aromatic heterocycles. The highest BCUT2D eigenvalue weighted by molar-refractivity contribution is 5.50. The molecule has 2 N–H and O–H groups in total. The van der Waals surface area contributed by atoms with Crippen LogP contribution in [0.15, 0.2) is 18.5 Å². The summed E-state index contributed by atoms with van der Waals surface area (Å²) in [4.78, 5) is 4.09. The van der Waals surface area contributed by atoms with Crippen LogP contribution in [0.5, 0.6) is 0 Å². The van der Waals surface area contributed by atoms with Gasteiger partial charge >= 0.3 is 0 Å². The monoisotopic (exact) mass is 148 g/mol. The predicted octanol–water partition coefficient (Wildman–Crippen LogP) is 0.620. The van der Waals surface area contributed by atoms with E-state index in [9.17, 15) is 0 Å². The standard InChI is InChI=1S/C7H8N4/c1-5-2-3-9-11-4-6(8)10-7(5)11/h2-4H,8H2,1H3. The Morgan fingerprint density at radius 2 is 2.36 bits per heavy atom. The average Bonchev–Trinajstić information content (AvgIpc) is 2.31. The number of nitrogens with two attached hydrogens (primary N) is 1. The van der Waals surface area contributed by atoms with Crippen LogP contribution in [-0.2, 0) is 0 Å². The minimum absolute atomic E-state index is 0.506. The normalized spacial score (nSPS) is 10.6. The maximum atomic E-state index is 5.49. The molecule has 0 aliphatic heterocycles. The topological polar surface area (TPSA) is 56.2 Å². The summed E-state index contributed by atoms with van der Waals surface area (Å²) in [6.45, 7) is 1.98. The Hall–Kier alpha value is -1.58. The molecule has 11 heavy (non-hydrogen) atoms. The second kappa shape index (κ2) is 1.95. The van der Waals surface area contributed by atoms with Crippen molar-refractivity contribution in [1.82, 2.24) is 14.6 Å². The Morgan fingerprint density at radius 1 is 1.55 bits per heavy atom. The van der Waals surface area contributed by atoms with Crippen molar-refractivity contribution in [3.8, 4) is 0 Å². The molecule has 0 spiro atoms. The lowest BCUT2D eigenvalue weighted by molar-refractivity contribution is 0.928. The summed E-state index contributed by atoms with van der Waals surface area (Å²) in [7, 11) is 0. The molecule has 0 atom stereocenters. The zero-order valence-electron chi connectivity index (χ0n) is 6.15. The summed E-state index contributed by atoms with van der Waals surface area (Å²) in [5.74, 6) is 0.506. The first-order valence-electron chi connectivity index (χ1n) is 3.34. The Bertz CT molecular complexity index is 390. The van der Waals surface area contributed by atoms with Crippen LogP contribution >= 0.6 is 0 Å². The number of hydrogen-bond acceptors (Lipinski definition) is 3. The first-order valence-corrected chi connectivity index (χ1v) is 3.34. The van der Waals surface area contributed by atoms with Crippen molar-refractivity contribution in [2.75, 3.05) is 5.73 Å². The summed E-state index contributed by atoms with van der Waals surface area (Å²) in [5, 5.41) is 4.04. The summed E-state index contributed by atoms with van der Waals surface area (Å²) < 4.78 is 1.67. The number of nitrogen functional groups attached to an aromatic ring is 1. The van der Waals surface area contributed by atoms with Crippen LogP contribution in [0.25, 0.3) is 5.65 Å². The van der Waals surface area contributed by atoms with Gasteiger partial charge in [0.05, 0.1) is 6.20 Å². The SMILES string of the molecule is Cc1ccnn2cc(N)nc12. The number of fused-ring (bicyclic) bond motifs is 1. The minimum atomic E-state index is 0.506. The van der Waals surface area contributed by atoms with Gasteiger partial charge in [-0.1, -0.05) is 0 Å². The summed E-state index contributed by atoms with van der Waals surface area (Å²) in [6.07, 6.45) is 3.42. The van der Waals surface area contributed by atoms with E-state index in [1.54, 1.807) is 16.9 Å². The quantitative estimate of drug-likeness (QED) is 0.595. The maximum Gasteiger partial charge on any atom is 0.158 e. The number of anilines is 1. The van der Waals surface area contributed by atoms with E-state index in [4.69, 9.17) is 5.73 Å². The number of rotatable bonds is 0. The van der Waals surface area contributed by atoms with E-state index in [0.29, 0.717) is 5.82 Å². The number of nitrogens with zero attached hydrogens (tertiary/aromatic N) is 3. The highest BCUT2D eigenvalue weighted by Crippen LogP contribution is 2.07. The van der Waals surface area contributed by atoms with Gasteiger partial charge in [-0.05, 0) is 18.6 Å². The van der Waals surface area contributed by atoms with Gasteiger partial charge in [-0.3, -0.25) is 0 Å². The van der Waals surface area contributed by atoms with Gasteiger partial charge in [0.15, 0.2) is 5.65 Å². The van der Waals surface area contributed by atoms with Gasteiger partial charge in [0.25, 0.3) is 0 Å². The van der Waals surface area contributed by atoms with Crippen molar-refractivity contribution in [2.24, 2.45) is 0 Å². The second-order valence-electron chi connectivity index (χ2n) is 2.45. The lowest BCUT2D eigenvalue weighted by atomic mass is 10.3. The van der Waals surface area contributed by atoms with Crippen LogP contribution in [0, 0.1) is 6.92 Å². The number of hydrogen-bond donors (Lipinski definition) is 1. The maximum absolute atomic E-state index is 5.49. The fourth-order valence-corrected chi connectivity index (χ4v) is 1.04. The summed E-state index contributed by atoms with van der Waals surface area (Å²) in [6, 6.07) is 1.90. The van der Waals surface area contributed by atoms with Gasteiger partial charge in [-0.15, -0.1) is 0 Å². The molecule has 56 valence electrons. The highest BCUT2D eigenvalue weighted by Gasteiger charge is 1.99. The first kappa shape index (κ1) is 6.15. The predicted molar refractivity (Wildman–Crippen MR) is 42.1 cm³/mol. The van der Waals surface area contributed by atoms with Gasteiger partial charge in [0, 0.05) is 6.20 Å². The van der Waals surface area contributed by atoms with Crippen LogP contribution in [0.3, 0.4) is 0 Å². The zero-order chi connectivity index (χ0) is 7.84. The minimum Gasteiger partial charge on any atom is -0.382 e. The van der Waals surface area contributed by atoms with Crippen molar-refractivity contribution in [1.29, 1.82) is 0 Å². The molecule has 0 saturated carbocycles. The van der Waals surface area contributed by atoms with Crippen LogP contribution in [0.2, 0.25) is 0 Å². The third-order valence-corrected chi connectivity index (χ3v) is 1.57. The van der Waals surface area contributed by atoms with Gasteiger partial charge < -0.3 is 5.73 Å². The van der Waals surface area contributed by atoms with E-state index in [1.165, 1.54) is 0 Å². The van der Waals surface area contributed by atoms with Gasteiger partial charge in [-0.2, -0.15) is 5.10 Å². The molecule has 0 aliphatic carbocycles. The van der Waals surface area contributed by atoms with Crippen molar-refractivity contribution in [2.45, 2.75) is 6.92 Å². The van der Waals surface area contributed by atoms with E-state index in [0.717, 1.165) is 11.2 Å². The molecule has 4 heteroatoms. The van der Waals surface area contributed by atoms with Crippen molar-refractivity contribution in [3.05, 3.63) is 24.0 Å². The Morgan fingerprint density at radius 3 is 3.09 bits per heavy atom. The third-order valence-electron chi connectivity index (χ3n) is 1.57. The highest BCUT2D eigenvalue weighted by atomic mass is 15.2. The molecule has 0 radical (unpaired) electrons. The van der Waals surface area contributed by atoms with Crippen LogP contribution in [0.4, 0.5) is 5.82 Å². The van der Waals surface area contributed by atoms with E-state index in [2.05, 4.69) is 10.1 Å². The summed E-state index contributed by atoms with van der Waals surface area (Å²) in [5.41, 5.74) is 7.39. The first-order chi connectivity index (χ1) is 5.27. The van der Waals surface area contributed by atoms with E-state index in [-0.39, 0.29) is 0 Å². The molecule has 0 amide bonds. The molecule has 0 saturated heterocycles. The van der Waals surface area contributed by atoms with Crippen LogP contribution in [-0.4, -0.2) is 14.6 Å². The van der Waals surface area contributed by atoms with E-state index < -0.39 is 0 Å². The van der Waals surface area contributed by atoms with Gasteiger partial charge in [-0.25, -0.2) is 9.50 Å². The fourth-order valence-electron chi connectivity index (χ4n) is 1.04. The molecule has 2 heterocycles. The van der Waals surface area contributed by atoms with Gasteiger partial charge in [0.1, 0.15) is 5.82 Å². The molecule has 0 unspecified atom stereocenters. The molecular formula is C7H8N4. The number of imidazole rings is 1. The van der Waals surface area contributed by atoms with Crippen molar-refractivity contribution < 1.29 is 0 Å².